The first-order valence-corrected chi connectivity index (χ1v) is 9.27. The second kappa shape index (κ2) is 9.25. The monoisotopic (exact) mass is 415 g/mol. The highest BCUT2D eigenvalue weighted by Gasteiger charge is 2.63. The van der Waals surface area contributed by atoms with Crippen LogP contribution in [-0.2, 0) is 9.59 Å². The normalized spacial score (nSPS) is 19.1. The molecular formula is C19H24F3N3O4. The number of alkyl halides is 3. The molecule has 0 aromatic heterocycles. The molecular weight excluding hydrogens is 391 g/mol. The maximum absolute atomic E-state index is 13.5. The van der Waals surface area contributed by atoms with Crippen molar-refractivity contribution < 1.29 is 32.6 Å². The Morgan fingerprint density at radius 3 is 2.45 bits per heavy atom. The van der Waals surface area contributed by atoms with E-state index in [1.54, 1.807) is 0 Å². The lowest BCUT2D eigenvalue weighted by atomic mass is 10.0. The first-order chi connectivity index (χ1) is 13.6. The topological polar surface area (TPSA) is 91.2 Å². The van der Waals surface area contributed by atoms with Crippen LogP contribution in [0.4, 0.5) is 18.9 Å². The zero-order chi connectivity index (χ0) is 21.7. The molecule has 0 spiro atoms. The number of rotatable bonds is 7. The molecule has 1 atom stereocenters. The molecule has 0 fully saturated rings. The summed E-state index contributed by atoms with van der Waals surface area (Å²) in [5.41, 5.74) is -3.32. The molecule has 1 heterocycles. The highest BCUT2D eigenvalue weighted by Crippen LogP contribution is 2.41. The summed E-state index contributed by atoms with van der Waals surface area (Å²) in [5.74, 6) is -2.43. The van der Waals surface area contributed by atoms with Crippen LogP contribution < -0.4 is 10.1 Å². The van der Waals surface area contributed by atoms with Crippen LogP contribution in [0, 0.1) is 0 Å². The molecule has 1 aromatic carbocycles. The standard InChI is InChI=1S/C19H24F3N3O4/c1-3-4-5-6-7-14-12-18(28,19(20,21)22)25(24-14)17(27)16(26)23-13-8-10-15(29-2)11-9-13/h8-11,28H,3-7,12H2,1-2H3,(H,23,26). The van der Waals surface area contributed by atoms with Crippen LogP contribution >= 0.6 is 0 Å². The number of carbonyl (C=O) groups excluding carboxylic acids is 2. The molecule has 1 aliphatic heterocycles. The fraction of sp³-hybridized carbons (Fsp3) is 0.526. The number of aliphatic hydroxyl groups is 1. The Morgan fingerprint density at radius 2 is 1.90 bits per heavy atom. The van der Waals surface area contributed by atoms with Gasteiger partial charge in [0.2, 0.25) is 0 Å². The minimum atomic E-state index is -5.17. The number of carbonyl (C=O) groups is 2. The van der Waals surface area contributed by atoms with Gasteiger partial charge in [0.25, 0.3) is 5.72 Å². The summed E-state index contributed by atoms with van der Waals surface area (Å²) in [6, 6.07) is 5.86. The summed E-state index contributed by atoms with van der Waals surface area (Å²) in [5, 5.41) is 15.9. The smallest absolute Gasteiger partial charge is 0.438 e. The van der Waals surface area contributed by atoms with Crippen LogP contribution in [0.3, 0.4) is 0 Å². The molecule has 1 aliphatic rings. The molecule has 0 radical (unpaired) electrons. The first-order valence-electron chi connectivity index (χ1n) is 9.27. The van der Waals surface area contributed by atoms with Crippen LogP contribution in [0.1, 0.15) is 45.4 Å². The third kappa shape index (κ3) is 5.26. The van der Waals surface area contributed by atoms with Gasteiger partial charge in [0.05, 0.1) is 7.11 Å². The van der Waals surface area contributed by atoms with Crippen molar-refractivity contribution in [2.24, 2.45) is 5.10 Å². The number of amides is 2. The molecule has 160 valence electrons. The maximum atomic E-state index is 13.5. The molecule has 1 unspecified atom stereocenters. The Kier molecular flexibility index (Phi) is 7.23. The molecule has 2 rings (SSSR count). The Balaban J connectivity index is 2.15. The minimum absolute atomic E-state index is 0.0338. The number of halogens is 3. The van der Waals surface area contributed by atoms with Crippen molar-refractivity contribution >= 4 is 23.2 Å². The van der Waals surface area contributed by atoms with E-state index in [2.05, 4.69) is 10.4 Å². The van der Waals surface area contributed by atoms with E-state index in [4.69, 9.17) is 4.74 Å². The highest BCUT2D eigenvalue weighted by atomic mass is 19.4. The Bertz CT molecular complexity index is 765. The van der Waals surface area contributed by atoms with Crippen molar-refractivity contribution in [3.05, 3.63) is 24.3 Å². The van der Waals surface area contributed by atoms with E-state index in [1.807, 2.05) is 6.92 Å². The number of unbranched alkanes of at least 4 members (excludes halogenated alkanes) is 3. The van der Waals surface area contributed by atoms with Gasteiger partial charge in [0.15, 0.2) is 0 Å². The van der Waals surface area contributed by atoms with E-state index in [0.717, 1.165) is 19.3 Å². The van der Waals surface area contributed by atoms with Crippen LogP contribution in [0.15, 0.2) is 29.4 Å². The van der Waals surface area contributed by atoms with Crippen molar-refractivity contribution in [1.29, 1.82) is 0 Å². The quantitative estimate of drug-likeness (QED) is 0.527. The number of hydrazone groups is 1. The van der Waals surface area contributed by atoms with Crippen LogP contribution in [0.25, 0.3) is 0 Å². The van der Waals surface area contributed by atoms with Gasteiger partial charge in [0, 0.05) is 17.8 Å². The molecule has 10 heteroatoms. The molecule has 0 bridgehead atoms. The Hall–Kier alpha value is -2.62. The largest absolute Gasteiger partial charge is 0.497 e. The molecule has 1 aromatic rings. The molecule has 2 amide bonds. The minimum Gasteiger partial charge on any atom is -0.497 e. The van der Waals surface area contributed by atoms with Gasteiger partial charge >= 0.3 is 18.0 Å². The molecule has 7 nitrogen and oxygen atoms in total. The second-order valence-corrected chi connectivity index (χ2v) is 6.77. The summed E-state index contributed by atoms with van der Waals surface area (Å²) in [7, 11) is 1.44. The van der Waals surface area contributed by atoms with Gasteiger partial charge in [-0.05, 0) is 37.1 Å². The van der Waals surface area contributed by atoms with E-state index >= 15 is 0 Å². The summed E-state index contributed by atoms with van der Waals surface area (Å²) in [6.45, 7) is 2.00. The number of nitrogens with zero attached hydrogens (tertiary/aromatic N) is 2. The predicted molar refractivity (Wildman–Crippen MR) is 100 cm³/mol. The van der Waals surface area contributed by atoms with E-state index < -0.39 is 30.1 Å². The van der Waals surface area contributed by atoms with Crippen molar-refractivity contribution in [2.45, 2.75) is 57.3 Å². The Labute approximate surface area is 166 Å². The molecule has 0 saturated carbocycles. The fourth-order valence-corrected chi connectivity index (χ4v) is 2.90. The van der Waals surface area contributed by atoms with Gasteiger partial charge in [-0.2, -0.15) is 23.3 Å². The number of benzene rings is 1. The predicted octanol–water partition coefficient (Wildman–Crippen LogP) is 3.44. The molecule has 0 aliphatic carbocycles. The van der Waals surface area contributed by atoms with Gasteiger partial charge in [-0.1, -0.05) is 26.2 Å². The van der Waals surface area contributed by atoms with Crippen LogP contribution in [0.2, 0.25) is 0 Å². The summed E-state index contributed by atoms with van der Waals surface area (Å²) in [4.78, 5) is 24.6. The summed E-state index contributed by atoms with van der Waals surface area (Å²) >= 11 is 0. The zero-order valence-electron chi connectivity index (χ0n) is 16.3. The number of anilines is 1. The van der Waals surface area contributed by atoms with Gasteiger partial charge in [0.1, 0.15) is 5.75 Å². The average Bonchev–Trinajstić information content (AvgIpc) is 3.03. The van der Waals surface area contributed by atoms with Crippen molar-refractivity contribution in [3.8, 4) is 5.75 Å². The molecule has 2 N–H and O–H groups in total. The van der Waals surface area contributed by atoms with Gasteiger partial charge in [-0.3, -0.25) is 9.59 Å². The number of hydrogen-bond acceptors (Lipinski definition) is 5. The average molecular weight is 415 g/mol. The lowest BCUT2D eigenvalue weighted by Crippen LogP contribution is -2.58. The summed E-state index contributed by atoms with van der Waals surface area (Å²) < 4.78 is 45.4. The number of ether oxygens (including phenoxy) is 1. The third-order valence-electron chi connectivity index (χ3n) is 4.55. The van der Waals surface area contributed by atoms with Gasteiger partial charge < -0.3 is 15.2 Å². The lowest BCUT2D eigenvalue weighted by Gasteiger charge is -2.32. The lowest BCUT2D eigenvalue weighted by molar-refractivity contribution is -0.301. The highest BCUT2D eigenvalue weighted by molar-refractivity contribution is 6.39. The van der Waals surface area contributed by atoms with Crippen LogP contribution in [-0.4, -0.2) is 46.7 Å². The second-order valence-electron chi connectivity index (χ2n) is 6.77. The maximum Gasteiger partial charge on any atom is 0.438 e. The van der Waals surface area contributed by atoms with Crippen molar-refractivity contribution in [3.63, 3.8) is 0 Å². The third-order valence-corrected chi connectivity index (χ3v) is 4.55. The fourth-order valence-electron chi connectivity index (χ4n) is 2.90. The van der Waals surface area contributed by atoms with E-state index in [0.29, 0.717) is 12.2 Å². The number of nitrogens with one attached hydrogen (secondary N) is 1. The van der Waals surface area contributed by atoms with E-state index in [9.17, 15) is 27.9 Å². The van der Waals surface area contributed by atoms with E-state index in [-0.39, 0.29) is 22.8 Å². The number of hydrogen-bond donors (Lipinski definition) is 2. The molecule has 29 heavy (non-hydrogen) atoms. The zero-order valence-corrected chi connectivity index (χ0v) is 16.3. The van der Waals surface area contributed by atoms with Gasteiger partial charge in [-0.25, -0.2) is 0 Å². The van der Waals surface area contributed by atoms with Crippen molar-refractivity contribution in [1.82, 2.24) is 5.01 Å². The molecule has 0 saturated heterocycles. The summed E-state index contributed by atoms with van der Waals surface area (Å²) in [6.07, 6.45) is -2.57. The van der Waals surface area contributed by atoms with Gasteiger partial charge in [-0.15, -0.1) is 0 Å². The van der Waals surface area contributed by atoms with Crippen molar-refractivity contribution in [2.75, 3.05) is 12.4 Å². The van der Waals surface area contributed by atoms with Crippen LogP contribution in [0.5, 0.6) is 5.75 Å². The van der Waals surface area contributed by atoms with E-state index in [1.165, 1.54) is 31.4 Å². The SMILES string of the molecule is CCCCCCC1=NN(C(=O)C(=O)Nc2ccc(OC)cc2)C(O)(C(F)(F)F)C1. The first kappa shape index (κ1) is 22.7. The number of methoxy groups -OCH3 is 1. The Morgan fingerprint density at radius 1 is 1.24 bits per heavy atom.